The summed E-state index contributed by atoms with van der Waals surface area (Å²) in [7, 11) is 0. The Morgan fingerprint density at radius 2 is 2.00 bits per heavy atom. The highest BCUT2D eigenvalue weighted by atomic mass is 14.8. The standard InChI is InChI=1S/C14H16N2/c15-14(7-8-14)6-5-12-10-16-9-11-3-1-2-4-13(11)12/h1-4,9-10H,5-8,15H2. The van der Waals surface area contributed by atoms with E-state index in [4.69, 9.17) is 5.73 Å². The fraction of sp³-hybridized carbons (Fsp3) is 0.357. The van der Waals surface area contributed by atoms with E-state index < -0.39 is 0 Å². The Hall–Kier alpha value is -1.41. The topological polar surface area (TPSA) is 38.9 Å². The van der Waals surface area contributed by atoms with Crippen LogP contribution in [0.1, 0.15) is 24.8 Å². The van der Waals surface area contributed by atoms with Crippen molar-refractivity contribution < 1.29 is 0 Å². The Morgan fingerprint density at radius 1 is 1.19 bits per heavy atom. The van der Waals surface area contributed by atoms with Crippen LogP contribution in [0.5, 0.6) is 0 Å². The first-order chi connectivity index (χ1) is 7.77. The van der Waals surface area contributed by atoms with Crippen LogP contribution < -0.4 is 5.73 Å². The third-order valence-electron chi connectivity index (χ3n) is 3.54. The van der Waals surface area contributed by atoms with Gasteiger partial charge in [0.15, 0.2) is 0 Å². The van der Waals surface area contributed by atoms with Crippen LogP contribution in [0.15, 0.2) is 36.7 Å². The fourth-order valence-electron chi connectivity index (χ4n) is 2.17. The molecule has 2 N–H and O–H groups in total. The summed E-state index contributed by atoms with van der Waals surface area (Å²) >= 11 is 0. The summed E-state index contributed by atoms with van der Waals surface area (Å²) < 4.78 is 0. The van der Waals surface area contributed by atoms with Crippen molar-refractivity contribution in [3.8, 4) is 0 Å². The molecule has 2 heteroatoms. The number of rotatable bonds is 3. The zero-order valence-electron chi connectivity index (χ0n) is 9.32. The Bertz CT molecular complexity index is 510. The van der Waals surface area contributed by atoms with Crippen LogP contribution in [0.25, 0.3) is 10.8 Å². The summed E-state index contributed by atoms with van der Waals surface area (Å²) in [5, 5.41) is 2.55. The van der Waals surface area contributed by atoms with Crippen molar-refractivity contribution in [2.24, 2.45) is 5.73 Å². The molecule has 82 valence electrons. The van der Waals surface area contributed by atoms with Crippen molar-refractivity contribution >= 4 is 10.8 Å². The predicted molar refractivity (Wildman–Crippen MR) is 66.2 cm³/mol. The largest absolute Gasteiger partial charge is 0.325 e. The van der Waals surface area contributed by atoms with Gasteiger partial charge in [-0.25, -0.2) is 0 Å². The van der Waals surface area contributed by atoms with Crippen molar-refractivity contribution in [1.82, 2.24) is 4.98 Å². The number of pyridine rings is 1. The van der Waals surface area contributed by atoms with Gasteiger partial charge < -0.3 is 5.73 Å². The van der Waals surface area contributed by atoms with Crippen molar-refractivity contribution in [2.75, 3.05) is 0 Å². The number of aromatic nitrogens is 1. The van der Waals surface area contributed by atoms with Gasteiger partial charge in [-0.3, -0.25) is 4.98 Å². The van der Waals surface area contributed by atoms with E-state index in [1.165, 1.54) is 29.2 Å². The molecule has 1 fully saturated rings. The Balaban J connectivity index is 1.90. The van der Waals surface area contributed by atoms with E-state index in [2.05, 4.69) is 29.2 Å². The summed E-state index contributed by atoms with van der Waals surface area (Å²) in [6, 6.07) is 8.42. The lowest BCUT2D eigenvalue weighted by atomic mass is 10.0. The Kier molecular flexibility index (Phi) is 2.18. The second-order valence-corrected chi connectivity index (χ2v) is 4.88. The number of benzene rings is 1. The maximum absolute atomic E-state index is 6.12. The minimum absolute atomic E-state index is 0.136. The van der Waals surface area contributed by atoms with Gasteiger partial charge in [0, 0.05) is 23.3 Å². The van der Waals surface area contributed by atoms with E-state index in [9.17, 15) is 0 Å². The molecule has 2 nitrogen and oxygen atoms in total. The van der Waals surface area contributed by atoms with E-state index in [1.807, 2.05) is 12.4 Å². The molecule has 3 rings (SSSR count). The van der Waals surface area contributed by atoms with E-state index in [0.29, 0.717) is 0 Å². The van der Waals surface area contributed by atoms with Gasteiger partial charge in [0.05, 0.1) is 0 Å². The van der Waals surface area contributed by atoms with Crippen molar-refractivity contribution in [3.05, 3.63) is 42.2 Å². The molecule has 1 aliphatic rings. The molecule has 0 bridgehead atoms. The Labute approximate surface area is 95.5 Å². The minimum atomic E-state index is 0.136. The second-order valence-electron chi connectivity index (χ2n) is 4.88. The van der Waals surface area contributed by atoms with Gasteiger partial charge >= 0.3 is 0 Å². The summed E-state index contributed by atoms with van der Waals surface area (Å²) in [5.74, 6) is 0. The molecular formula is C14H16N2. The van der Waals surface area contributed by atoms with Crippen molar-refractivity contribution in [2.45, 2.75) is 31.2 Å². The van der Waals surface area contributed by atoms with Crippen LogP contribution >= 0.6 is 0 Å². The normalized spacial score (nSPS) is 17.6. The van der Waals surface area contributed by atoms with Crippen LogP contribution in [-0.2, 0) is 6.42 Å². The first-order valence-corrected chi connectivity index (χ1v) is 5.87. The van der Waals surface area contributed by atoms with Crippen molar-refractivity contribution in [1.29, 1.82) is 0 Å². The highest BCUT2D eigenvalue weighted by Gasteiger charge is 2.37. The molecule has 2 aromatic rings. The summed E-state index contributed by atoms with van der Waals surface area (Å²) in [6.07, 6.45) is 8.41. The quantitative estimate of drug-likeness (QED) is 0.849. The summed E-state index contributed by atoms with van der Waals surface area (Å²) in [4.78, 5) is 4.29. The monoisotopic (exact) mass is 212 g/mol. The predicted octanol–water partition coefficient (Wildman–Crippen LogP) is 2.66. The average molecular weight is 212 g/mol. The molecule has 0 aliphatic heterocycles. The van der Waals surface area contributed by atoms with E-state index >= 15 is 0 Å². The molecule has 1 aromatic carbocycles. The second kappa shape index (κ2) is 3.56. The third-order valence-corrected chi connectivity index (χ3v) is 3.54. The number of hydrogen-bond acceptors (Lipinski definition) is 2. The lowest BCUT2D eigenvalue weighted by Crippen LogP contribution is -2.22. The molecular weight excluding hydrogens is 196 g/mol. The van der Waals surface area contributed by atoms with Gasteiger partial charge in [-0.2, -0.15) is 0 Å². The number of nitrogens with two attached hydrogens (primary N) is 1. The fourth-order valence-corrected chi connectivity index (χ4v) is 2.17. The smallest absolute Gasteiger partial charge is 0.0346 e. The maximum Gasteiger partial charge on any atom is 0.0346 e. The van der Waals surface area contributed by atoms with Crippen molar-refractivity contribution in [3.63, 3.8) is 0 Å². The zero-order chi connectivity index (χ0) is 11.0. The first-order valence-electron chi connectivity index (χ1n) is 5.87. The van der Waals surface area contributed by atoms with Gasteiger partial charge in [-0.1, -0.05) is 24.3 Å². The molecule has 0 unspecified atom stereocenters. The van der Waals surface area contributed by atoms with Gasteiger partial charge in [-0.05, 0) is 36.6 Å². The lowest BCUT2D eigenvalue weighted by molar-refractivity contribution is 0.610. The SMILES string of the molecule is NC1(CCc2cncc3ccccc23)CC1. The molecule has 1 aliphatic carbocycles. The molecule has 1 heterocycles. The number of nitrogens with zero attached hydrogens (tertiary/aromatic N) is 1. The number of fused-ring (bicyclic) bond motifs is 1. The zero-order valence-corrected chi connectivity index (χ0v) is 9.32. The maximum atomic E-state index is 6.12. The molecule has 0 saturated heterocycles. The lowest BCUT2D eigenvalue weighted by Gasteiger charge is -2.09. The van der Waals surface area contributed by atoms with Crippen LogP contribution in [0.2, 0.25) is 0 Å². The molecule has 16 heavy (non-hydrogen) atoms. The van der Waals surface area contributed by atoms with Crippen LogP contribution in [-0.4, -0.2) is 10.5 Å². The Morgan fingerprint density at radius 3 is 2.81 bits per heavy atom. The average Bonchev–Trinajstić information content (AvgIpc) is 3.05. The number of hydrogen-bond donors (Lipinski definition) is 1. The van der Waals surface area contributed by atoms with E-state index in [1.54, 1.807) is 0 Å². The van der Waals surface area contributed by atoms with Gasteiger partial charge in [0.2, 0.25) is 0 Å². The van der Waals surface area contributed by atoms with Crippen LogP contribution in [0, 0.1) is 0 Å². The molecule has 0 amide bonds. The number of aryl methyl sites for hydroxylation is 1. The van der Waals surface area contributed by atoms with Crippen LogP contribution in [0.4, 0.5) is 0 Å². The van der Waals surface area contributed by atoms with E-state index in [0.717, 1.165) is 12.8 Å². The molecule has 0 spiro atoms. The first kappa shape index (κ1) is 9.79. The van der Waals surface area contributed by atoms with E-state index in [-0.39, 0.29) is 5.54 Å². The summed E-state index contributed by atoms with van der Waals surface area (Å²) in [6.45, 7) is 0. The molecule has 0 atom stereocenters. The van der Waals surface area contributed by atoms with Gasteiger partial charge in [0.25, 0.3) is 0 Å². The highest BCUT2D eigenvalue weighted by Crippen LogP contribution is 2.37. The van der Waals surface area contributed by atoms with Gasteiger partial charge in [-0.15, -0.1) is 0 Å². The molecule has 1 aromatic heterocycles. The summed E-state index contributed by atoms with van der Waals surface area (Å²) in [5.41, 5.74) is 7.58. The molecule has 1 saturated carbocycles. The molecule has 0 radical (unpaired) electrons. The van der Waals surface area contributed by atoms with Gasteiger partial charge in [0.1, 0.15) is 0 Å². The third kappa shape index (κ3) is 1.81. The minimum Gasteiger partial charge on any atom is -0.325 e. The highest BCUT2D eigenvalue weighted by molar-refractivity contribution is 5.84. The van der Waals surface area contributed by atoms with Crippen LogP contribution in [0.3, 0.4) is 0 Å².